The van der Waals surface area contributed by atoms with Gasteiger partial charge in [-0.2, -0.15) is 0 Å². The summed E-state index contributed by atoms with van der Waals surface area (Å²) in [5.41, 5.74) is -0.785. The van der Waals surface area contributed by atoms with E-state index in [-0.39, 0.29) is 57.8 Å². The lowest BCUT2D eigenvalue weighted by atomic mass is 9.99. The predicted octanol–water partition coefficient (Wildman–Crippen LogP) is 5.43. The molecule has 0 radical (unpaired) electrons. The third kappa shape index (κ3) is 8.73. The number of ether oxygens (including phenoxy) is 5. The van der Waals surface area contributed by atoms with Gasteiger partial charge in [0.1, 0.15) is 10.3 Å². The molecule has 0 amide bonds. The largest absolute Gasteiger partial charge is 0.493 e. The molecule has 1 atom stereocenters. The average Bonchev–Trinajstić information content (AvgIpc) is 2.99. The van der Waals surface area contributed by atoms with E-state index in [9.17, 15) is 18.0 Å². The number of carbonyl (C=O) groups excluding carboxylic acids is 2. The zero-order valence-corrected chi connectivity index (χ0v) is 29.2. The minimum atomic E-state index is -4.08. The van der Waals surface area contributed by atoms with Crippen molar-refractivity contribution >= 4 is 31.2 Å². The Balaban J connectivity index is 2.43. The number of hydrogen-bond acceptors (Lipinski definition) is 10. The van der Waals surface area contributed by atoms with E-state index in [2.05, 4.69) is 27.7 Å². The van der Waals surface area contributed by atoms with Crippen LogP contribution in [0.5, 0.6) is 28.7 Å². The van der Waals surface area contributed by atoms with Gasteiger partial charge in [0, 0.05) is 24.0 Å². The normalized spacial score (nSPS) is 12.8. The summed E-state index contributed by atoms with van der Waals surface area (Å²) >= 11 is 0. The standard InChI is InChI=1S/C31H46O10SSi/c1-11-14-40-30-27(38-9)17-22(18-28(30)42(34,35)20(4)41-43-31(5,6)19(2)3)24(33)13-12-23(32)21-15-25(36-7)29(39-10)26(16-21)37-8/h15-20H,11-14,43H2,1-10H3. The molecule has 0 aliphatic rings. The number of ketones is 2. The van der Waals surface area contributed by atoms with Gasteiger partial charge in [0.2, 0.25) is 15.6 Å². The van der Waals surface area contributed by atoms with Gasteiger partial charge in [0.05, 0.1) is 35.0 Å². The van der Waals surface area contributed by atoms with Crippen LogP contribution in [-0.4, -0.2) is 70.2 Å². The number of rotatable bonds is 18. The first kappa shape index (κ1) is 36.1. The summed E-state index contributed by atoms with van der Waals surface area (Å²) in [4.78, 5) is 26.3. The molecule has 0 fully saturated rings. The van der Waals surface area contributed by atoms with Crippen LogP contribution in [0.1, 0.15) is 81.5 Å². The van der Waals surface area contributed by atoms with Crippen LogP contribution in [0.3, 0.4) is 0 Å². The van der Waals surface area contributed by atoms with Gasteiger partial charge < -0.3 is 28.1 Å². The predicted molar refractivity (Wildman–Crippen MR) is 168 cm³/mol. The number of sulfone groups is 1. The van der Waals surface area contributed by atoms with Crippen molar-refractivity contribution in [3.63, 3.8) is 0 Å². The molecule has 0 aromatic heterocycles. The minimum absolute atomic E-state index is 0.0367. The van der Waals surface area contributed by atoms with Crippen molar-refractivity contribution in [2.75, 3.05) is 35.0 Å². The Morgan fingerprint density at radius 2 is 1.26 bits per heavy atom. The van der Waals surface area contributed by atoms with E-state index in [0.29, 0.717) is 29.6 Å². The first-order valence-corrected chi connectivity index (χ1v) is 17.1. The maximum absolute atomic E-state index is 13.8. The van der Waals surface area contributed by atoms with Gasteiger partial charge >= 0.3 is 0 Å². The molecule has 2 aromatic carbocycles. The van der Waals surface area contributed by atoms with Gasteiger partial charge in [-0.15, -0.1) is 0 Å². The molecule has 0 spiro atoms. The molecule has 0 heterocycles. The molecular formula is C31H46O10SSi. The number of hydrogen-bond donors (Lipinski definition) is 0. The van der Waals surface area contributed by atoms with Crippen LogP contribution >= 0.6 is 0 Å². The number of benzene rings is 2. The van der Waals surface area contributed by atoms with Crippen molar-refractivity contribution in [1.82, 2.24) is 0 Å². The summed E-state index contributed by atoms with van der Waals surface area (Å²) in [6.45, 7) is 12.0. The van der Waals surface area contributed by atoms with Crippen LogP contribution in [0.25, 0.3) is 0 Å². The second kappa shape index (κ2) is 15.6. The Hall–Kier alpha value is -3.09. The van der Waals surface area contributed by atoms with Gasteiger partial charge in [0.25, 0.3) is 0 Å². The van der Waals surface area contributed by atoms with Crippen molar-refractivity contribution in [1.29, 1.82) is 0 Å². The topological polar surface area (TPSA) is 124 Å². The van der Waals surface area contributed by atoms with Crippen molar-refractivity contribution in [2.24, 2.45) is 5.92 Å². The number of carbonyl (C=O) groups is 2. The lowest BCUT2D eigenvalue weighted by Gasteiger charge is -2.30. The zero-order chi connectivity index (χ0) is 32.5. The third-order valence-electron chi connectivity index (χ3n) is 7.58. The lowest BCUT2D eigenvalue weighted by Crippen LogP contribution is -2.30. The highest BCUT2D eigenvalue weighted by Crippen LogP contribution is 2.40. The fraction of sp³-hybridized carbons (Fsp3) is 0.548. The van der Waals surface area contributed by atoms with Crippen LogP contribution in [0, 0.1) is 5.92 Å². The molecule has 0 saturated heterocycles. The average molecular weight is 639 g/mol. The van der Waals surface area contributed by atoms with Crippen LogP contribution < -0.4 is 23.7 Å². The highest BCUT2D eigenvalue weighted by Gasteiger charge is 2.33. The quantitative estimate of drug-likeness (QED) is 0.154. The molecule has 0 aliphatic carbocycles. The molecular weight excluding hydrogens is 592 g/mol. The van der Waals surface area contributed by atoms with Gasteiger partial charge in [-0.05, 0) is 48.6 Å². The van der Waals surface area contributed by atoms with E-state index in [1.807, 2.05) is 6.92 Å². The Kier molecular flexibility index (Phi) is 13.1. The SMILES string of the molecule is CCCOc1c(OC)cc(C(=O)CCC(=O)c2cc(OC)c(OC)c(OC)c2)cc1S(=O)(=O)C(C)O[SiH2]C(C)(C)C(C)C. The summed E-state index contributed by atoms with van der Waals surface area (Å²) in [6.07, 6.45) is 0.327. The van der Waals surface area contributed by atoms with Gasteiger partial charge in [0.15, 0.2) is 44.3 Å². The second-order valence-corrected chi connectivity index (χ2v) is 15.8. The van der Waals surface area contributed by atoms with Crippen molar-refractivity contribution < 1.29 is 46.1 Å². The van der Waals surface area contributed by atoms with Crippen LogP contribution in [0.15, 0.2) is 29.2 Å². The maximum Gasteiger partial charge on any atom is 0.207 e. The Morgan fingerprint density at radius 1 is 0.791 bits per heavy atom. The van der Waals surface area contributed by atoms with E-state index >= 15 is 0 Å². The summed E-state index contributed by atoms with van der Waals surface area (Å²) in [7, 11) is 0.401. The zero-order valence-electron chi connectivity index (χ0n) is 27.0. The Morgan fingerprint density at radius 3 is 1.67 bits per heavy atom. The van der Waals surface area contributed by atoms with Crippen LogP contribution in [0.4, 0.5) is 0 Å². The molecule has 0 saturated carbocycles. The Bertz CT molecular complexity index is 1360. The molecule has 2 aromatic rings. The summed E-state index contributed by atoms with van der Waals surface area (Å²) in [6, 6.07) is 5.78. The van der Waals surface area contributed by atoms with E-state index in [1.165, 1.54) is 59.6 Å². The molecule has 240 valence electrons. The minimum Gasteiger partial charge on any atom is -0.493 e. The fourth-order valence-electron chi connectivity index (χ4n) is 3.97. The van der Waals surface area contributed by atoms with Crippen molar-refractivity contribution in [3.05, 3.63) is 35.4 Å². The number of Topliss-reactive ketones (excluding diaryl/α,β-unsaturated/α-hetero) is 2. The molecule has 2 rings (SSSR count). The molecule has 1 unspecified atom stereocenters. The molecule has 0 N–H and O–H groups in total. The fourth-order valence-corrected chi connectivity index (χ4v) is 6.96. The van der Waals surface area contributed by atoms with Gasteiger partial charge in [-0.25, -0.2) is 8.42 Å². The van der Waals surface area contributed by atoms with Gasteiger partial charge in [-0.1, -0.05) is 34.6 Å². The number of methoxy groups -OCH3 is 4. The molecule has 0 aliphatic heterocycles. The highest BCUT2D eigenvalue weighted by molar-refractivity contribution is 7.92. The molecule has 0 bridgehead atoms. The summed E-state index contributed by atoms with van der Waals surface area (Å²) in [5.74, 6) is 0.690. The molecule has 43 heavy (non-hydrogen) atoms. The van der Waals surface area contributed by atoms with E-state index in [0.717, 1.165) is 0 Å². The Labute approximate surface area is 258 Å². The maximum atomic E-state index is 13.8. The summed E-state index contributed by atoms with van der Waals surface area (Å²) < 4.78 is 60.9. The van der Waals surface area contributed by atoms with E-state index in [4.69, 9.17) is 28.1 Å². The van der Waals surface area contributed by atoms with Crippen molar-refractivity contribution in [3.8, 4) is 28.7 Å². The third-order valence-corrected chi connectivity index (χ3v) is 12.0. The van der Waals surface area contributed by atoms with Crippen molar-refractivity contribution in [2.45, 2.75) is 76.2 Å². The van der Waals surface area contributed by atoms with E-state index in [1.54, 1.807) is 0 Å². The first-order valence-electron chi connectivity index (χ1n) is 14.2. The van der Waals surface area contributed by atoms with Crippen LogP contribution in [-0.2, 0) is 14.3 Å². The van der Waals surface area contributed by atoms with E-state index < -0.39 is 30.8 Å². The summed E-state index contributed by atoms with van der Waals surface area (Å²) in [5, 5.41) is -0.120. The second-order valence-electron chi connectivity index (χ2n) is 11.2. The molecule has 10 nitrogen and oxygen atoms in total. The van der Waals surface area contributed by atoms with Gasteiger partial charge in [-0.3, -0.25) is 9.59 Å². The van der Waals surface area contributed by atoms with Crippen LogP contribution in [0.2, 0.25) is 5.04 Å². The monoisotopic (exact) mass is 638 g/mol. The molecule has 12 heteroatoms. The smallest absolute Gasteiger partial charge is 0.207 e. The first-order chi connectivity index (χ1) is 20.2. The lowest BCUT2D eigenvalue weighted by molar-refractivity contribution is 0.0916. The highest BCUT2D eigenvalue weighted by atomic mass is 32.2.